The number of aromatic carboxylic acids is 1. The Labute approximate surface area is 118 Å². The first-order chi connectivity index (χ1) is 9.36. The topological polar surface area (TPSA) is 99.8 Å². The minimum Gasteiger partial charge on any atom is -0.478 e. The molecule has 0 aliphatic heterocycles. The molecule has 1 amide bonds. The molecule has 110 valence electrons. The lowest BCUT2D eigenvalue weighted by Gasteiger charge is -2.25. The number of carboxylic acids is 1. The van der Waals surface area contributed by atoms with Crippen LogP contribution >= 0.6 is 0 Å². The van der Waals surface area contributed by atoms with Gasteiger partial charge in [-0.15, -0.1) is 0 Å². The van der Waals surface area contributed by atoms with Crippen LogP contribution in [0.4, 0.5) is 11.5 Å². The number of nitrogen functional groups attached to an aromatic ring is 1. The first kappa shape index (κ1) is 15.7. The Hall–Kier alpha value is -2.31. The molecule has 0 aromatic carbocycles. The van der Waals surface area contributed by atoms with Crippen molar-refractivity contribution in [1.82, 2.24) is 9.88 Å². The Morgan fingerprint density at radius 2 is 2.05 bits per heavy atom. The molecule has 0 aliphatic carbocycles. The molecule has 0 aliphatic rings. The molecule has 0 bridgehead atoms. The van der Waals surface area contributed by atoms with Crippen LogP contribution in [0.25, 0.3) is 0 Å². The van der Waals surface area contributed by atoms with Gasteiger partial charge in [-0.2, -0.15) is 0 Å². The lowest BCUT2D eigenvalue weighted by Crippen LogP contribution is -2.38. The van der Waals surface area contributed by atoms with E-state index in [9.17, 15) is 14.7 Å². The summed E-state index contributed by atoms with van der Waals surface area (Å²) in [6.45, 7) is 2.57. The number of nitrogens with zero attached hydrogens (tertiary/aromatic N) is 3. The van der Waals surface area contributed by atoms with Gasteiger partial charge in [-0.25, -0.2) is 9.78 Å². The van der Waals surface area contributed by atoms with E-state index in [0.29, 0.717) is 6.54 Å². The zero-order valence-corrected chi connectivity index (χ0v) is 12.0. The summed E-state index contributed by atoms with van der Waals surface area (Å²) in [5.41, 5.74) is 5.85. The van der Waals surface area contributed by atoms with Gasteiger partial charge in [0.2, 0.25) is 5.91 Å². The van der Waals surface area contributed by atoms with E-state index >= 15 is 0 Å². The van der Waals surface area contributed by atoms with Gasteiger partial charge in [-0.3, -0.25) is 4.79 Å². The molecule has 0 spiro atoms. The third-order valence-corrected chi connectivity index (χ3v) is 2.74. The van der Waals surface area contributed by atoms with Gasteiger partial charge in [-0.1, -0.05) is 6.92 Å². The molecule has 0 saturated heterocycles. The van der Waals surface area contributed by atoms with Gasteiger partial charge in [0.15, 0.2) is 0 Å². The van der Waals surface area contributed by atoms with Crippen molar-refractivity contribution in [3.63, 3.8) is 0 Å². The summed E-state index contributed by atoms with van der Waals surface area (Å²) in [5, 5.41) is 9.23. The number of likely N-dealkylation sites (N-methyl/N-ethyl adjacent to an activating group) is 1. The fraction of sp³-hybridized carbons (Fsp3) is 0.462. The smallest absolute Gasteiger partial charge is 0.339 e. The van der Waals surface area contributed by atoms with Crippen molar-refractivity contribution in [1.29, 1.82) is 0 Å². The third kappa shape index (κ3) is 3.84. The maximum Gasteiger partial charge on any atom is 0.339 e. The van der Waals surface area contributed by atoms with Gasteiger partial charge in [0.1, 0.15) is 11.4 Å². The molecule has 1 heterocycles. The number of anilines is 2. The van der Waals surface area contributed by atoms with E-state index in [1.165, 1.54) is 17.2 Å². The number of hydrogen-bond donors (Lipinski definition) is 2. The van der Waals surface area contributed by atoms with Crippen molar-refractivity contribution in [3.05, 3.63) is 17.8 Å². The second kappa shape index (κ2) is 6.74. The van der Waals surface area contributed by atoms with Crippen LogP contribution in [0.5, 0.6) is 0 Å². The maximum atomic E-state index is 11.8. The normalized spacial score (nSPS) is 10.2. The minimum atomic E-state index is -1.11. The molecular weight excluding hydrogens is 260 g/mol. The molecule has 3 N–H and O–H groups in total. The van der Waals surface area contributed by atoms with Crippen molar-refractivity contribution in [2.24, 2.45) is 0 Å². The van der Waals surface area contributed by atoms with Crippen molar-refractivity contribution < 1.29 is 14.7 Å². The molecule has 0 atom stereocenters. The van der Waals surface area contributed by atoms with Crippen molar-refractivity contribution in [2.75, 3.05) is 37.8 Å². The van der Waals surface area contributed by atoms with Crippen LogP contribution in [0.1, 0.15) is 23.7 Å². The van der Waals surface area contributed by atoms with Crippen LogP contribution in [0.3, 0.4) is 0 Å². The average molecular weight is 280 g/mol. The van der Waals surface area contributed by atoms with E-state index < -0.39 is 5.97 Å². The summed E-state index contributed by atoms with van der Waals surface area (Å²) < 4.78 is 0. The van der Waals surface area contributed by atoms with E-state index in [-0.39, 0.29) is 29.5 Å². The Balaban J connectivity index is 3.14. The second-order valence-electron chi connectivity index (χ2n) is 4.65. The molecule has 1 aromatic rings. The summed E-state index contributed by atoms with van der Waals surface area (Å²) >= 11 is 0. The molecule has 1 rings (SSSR count). The largest absolute Gasteiger partial charge is 0.478 e. The molecule has 7 heteroatoms. The van der Waals surface area contributed by atoms with E-state index in [4.69, 9.17) is 5.73 Å². The fourth-order valence-corrected chi connectivity index (χ4v) is 1.72. The number of carboxylic acid groups (broad SMARTS) is 1. The highest BCUT2D eigenvalue weighted by Crippen LogP contribution is 2.20. The molecule has 0 radical (unpaired) electrons. The molecule has 0 fully saturated rings. The lowest BCUT2D eigenvalue weighted by atomic mass is 10.2. The van der Waals surface area contributed by atoms with Gasteiger partial charge in [-0.05, 0) is 12.5 Å². The molecule has 0 unspecified atom stereocenters. The van der Waals surface area contributed by atoms with E-state index in [0.717, 1.165) is 6.42 Å². The first-order valence-electron chi connectivity index (χ1n) is 6.30. The van der Waals surface area contributed by atoms with Crippen molar-refractivity contribution in [2.45, 2.75) is 13.3 Å². The van der Waals surface area contributed by atoms with Crippen molar-refractivity contribution in [3.8, 4) is 0 Å². The van der Waals surface area contributed by atoms with Gasteiger partial charge in [0, 0.05) is 20.6 Å². The standard InChI is InChI=1S/C13H20N4O3/c1-4-5-17(8-11(18)16(2)3)12-10(13(19)20)6-9(14)7-15-12/h6-7H,4-5,8,14H2,1-3H3,(H,19,20). The summed E-state index contributed by atoms with van der Waals surface area (Å²) in [6, 6.07) is 1.35. The van der Waals surface area contributed by atoms with E-state index in [1.54, 1.807) is 19.0 Å². The Bertz CT molecular complexity index is 502. The minimum absolute atomic E-state index is 0.00464. The van der Waals surface area contributed by atoms with Crippen LogP contribution in [-0.4, -0.2) is 54.1 Å². The Kier molecular flexibility index (Phi) is 5.31. The Morgan fingerprint density at radius 1 is 1.40 bits per heavy atom. The van der Waals surface area contributed by atoms with E-state index in [1.807, 2.05) is 6.92 Å². The van der Waals surface area contributed by atoms with E-state index in [2.05, 4.69) is 4.98 Å². The monoisotopic (exact) mass is 280 g/mol. The number of aromatic nitrogens is 1. The number of nitrogens with two attached hydrogens (primary N) is 1. The highest BCUT2D eigenvalue weighted by Gasteiger charge is 2.20. The third-order valence-electron chi connectivity index (χ3n) is 2.74. The molecule has 7 nitrogen and oxygen atoms in total. The van der Waals surface area contributed by atoms with Gasteiger partial charge in [0.05, 0.1) is 18.4 Å². The molecule has 20 heavy (non-hydrogen) atoms. The average Bonchev–Trinajstić information content (AvgIpc) is 2.37. The predicted molar refractivity (Wildman–Crippen MR) is 76.8 cm³/mol. The summed E-state index contributed by atoms with van der Waals surface area (Å²) in [7, 11) is 3.31. The molecule has 1 aromatic heterocycles. The maximum absolute atomic E-state index is 11.8. The van der Waals surface area contributed by atoms with Crippen LogP contribution in [0.2, 0.25) is 0 Å². The van der Waals surface area contributed by atoms with Gasteiger partial charge < -0.3 is 20.6 Å². The number of rotatable bonds is 6. The van der Waals surface area contributed by atoms with Crippen LogP contribution in [0.15, 0.2) is 12.3 Å². The zero-order chi connectivity index (χ0) is 15.3. The fourth-order valence-electron chi connectivity index (χ4n) is 1.72. The Morgan fingerprint density at radius 3 is 2.55 bits per heavy atom. The number of hydrogen-bond acceptors (Lipinski definition) is 5. The van der Waals surface area contributed by atoms with Gasteiger partial charge >= 0.3 is 5.97 Å². The highest BCUT2D eigenvalue weighted by molar-refractivity contribution is 5.95. The van der Waals surface area contributed by atoms with Crippen LogP contribution in [-0.2, 0) is 4.79 Å². The summed E-state index contributed by atoms with van der Waals surface area (Å²) in [4.78, 5) is 30.3. The first-order valence-corrected chi connectivity index (χ1v) is 6.30. The molecular formula is C13H20N4O3. The van der Waals surface area contributed by atoms with Crippen molar-refractivity contribution >= 4 is 23.4 Å². The number of pyridine rings is 1. The summed E-state index contributed by atoms with van der Waals surface area (Å²) in [6.07, 6.45) is 2.16. The van der Waals surface area contributed by atoms with Gasteiger partial charge in [0.25, 0.3) is 0 Å². The highest BCUT2D eigenvalue weighted by atomic mass is 16.4. The summed E-state index contributed by atoms with van der Waals surface area (Å²) in [5.74, 6) is -0.963. The lowest BCUT2D eigenvalue weighted by molar-refractivity contribution is -0.127. The number of carbonyl (C=O) groups is 2. The SMILES string of the molecule is CCCN(CC(=O)N(C)C)c1ncc(N)cc1C(=O)O. The van der Waals surface area contributed by atoms with Crippen LogP contribution < -0.4 is 10.6 Å². The number of amides is 1. The molecule has 0 saturated carbocycles. The predicted octanol–water partition coefficient (Wildman–Crippen LogP) is 0.667. The zero-order valence-electron chi connectivity index (χ0n) is 12.0. The second-order valence-corrected chi connectivity index (χ2v) is 4.65. The quantitative estimate of drug-likeness (QED) is 0.794. The van der Waals surface area contributed by atoms with Crippen LogP contribution in [0, 0.1) is 0 Å². The number of carbonyl (C=O) groups excluding carboxylic acids is 1.